The first-order valence-electron chi connectivity index (χ1n) is 4.03. The largest absolute Gasteiger partial charge is 0.452 e. The van der Waals surface area contributed by atoms with Crippen molar-refractivity contribution in [3.05, 3.63) is 36.7 Å². The molecule has 0 unspecified atom stereocenters. The summed E-state index contributed by atoms with van der Waals surface area (Å²) in [5.41, 5.74) is 0. The molecule has 2 rings (SSSR count). The molecule has 0 aliphatic carbocycles. The first-order valence-corrected chi connectivity index (χ1v) is 4.03. The highest BCUT2D eigenvalue weighted by Crippen LogP contribution is 2.12. The van der Waals surface area contributed by atoms with Gasteiger partial charge in [-0.25, -0.2) is 0 Å². The van der Waals surface area contributed by atoms with Gasteiger partial charge in [-0.05, 0) is 12.1 Å². The maximum absolute atomic E-state index is 5.47. The minimum absolute atomic E-state index is 0.751. The second-order valence-corrected chi connectivity index (χ2v) is 2.60. The monoisotopic (exact) mass is 163 g/mol. The Morgan fingerprint density at radius 3 is 2.33 bits per heavy atom. The van der Waals surface area contributed by atoms with Gasteiger partial charge in [0.05, 0.1) is 0 Å². The Morgan fingerprint density at radius 2 is 1.67 bits per heavy atom. The van der Waals surface area contributed by atoms with E-state index in [1.165, 1.54) is 0 Å². The second kappa shape index (κ2) is 3.56. The lowest BCUT2D eigenvalue weighted by Crippen LogP contribution is -2.27. The van der Waals surface area contributed by atoms with E-state index < -0.39 is 0 Å². The lowest BCUT2D eigenvalue weighted by molar-refractivity contribution is 0.279. The molecule has 1 aromatic carbocycles. The van der Waals surface area contributed by atoms with Gasteiger partial charge >= 0.3 is 0 Å². The quantitative estimate of drug-likeness (QED) is 0.673. The van der Waals surface area contributed by atoms with Crippen molar-refractivity contribution in [1.29, 1.82) is 0 Å². The zero-order valence-corrected chi connectivity index (χ0v) is 6.71. The smallest absolute Gasteiger partial charge is 0.287 e. The zero-order chi connectivity index (χ0) is 8.23. The molecular formula is C9H11N2O. The molecule has 1 heterocycles. The molecule has 2 N–H and O–H groups in total. The zero-order valence-electron chi connectivity index (χ0n) is 6.71. The third-order valence-corrected chi connectivity index (χ3v) is 1.66. The van der Waals surface area contributed by atoms with Crippen LogP contribution < -0.4 is 15.4 Å². The fourth-order valence-corrected chi connectivity index (χ4v) is 1.09. The van der Waals surface area contributed by atoms with Crippen LogP contribution in [0.2, 0.25) is 0 Å². The molecular weight excluding hydrogens is 152 g/mol. The van der Waals surface area contributed by atoms with Crippen LogP contribution in [0.3, 0.4) is 0 Å². The number of rotatable bonds is 2. The van der Waals surface area contributed by atoms with E-state index in [1.54, 1.807) is 0 Å². The number of hydrogen-bond acceptors (Lipinski definition) is 3. The van der Waals surface area contributed by atoms with Crippen molar-refractivity contribution in [3.63, 3.8) is 0 Å². The molecule has 1 saturated heterocycles. The Bertz CT molecular complexity index is 232. The highest BCUT2D eigenvalue weighted by molar-refractivity contribution is 5.22. The molecule has 0 atom stereocenters. The van der Waals surface area contributed by atoms with Crippen LogP contribution in [-0.2, 0) is 0 Å². The summed E-state index contributed by atoms with van der Waals surface area (Å²) in [5.74, 6) is 0.856. The Balaban J connectivity index is 1.94. The minimum atomic E-state index is 0.751. The molecule has 1 radical (unpaired) electrons. The van der Waals surface area contributed by atoms with Gasteiger partial charge in [-0.2, -0.15) is 0 Å². The van der Waals surface area contributed by atoms with E-state index in [2.05, 4.69) is 10.6 Å². The van der Waals surface area contributed by atoms with Crippen LogP contribution in [0.25, 0.3) is 0 Å². The van der Waals surface area contributed by atoms with Crippen molar-refractivity contribution in [2.45, 2.75) is 0 Å². The summed E-state index contributed by atoms with van der Waals surface area (Å²) < 4.78 is 5.47. The molecule has 0 spiro atoms. The van der Waals surface area contributed by atoms with Gasteiger partial charge in [0.2, 0.25) is 0 Å². The minimum Gasteiger partial charge on any atom is -0.452 e. The molecule has 0 saturated carbocycles. The van der Waals surface area contributed by atoms with Crippen molar-refractivity contribution < 1.29 is 4.74 Å². The average molecular weight is 163 g/mol. The van der Waals surface area contributed by atoms with Crippen molar-refractivity contribution >= 4 is 0 Å². The van der Waals surface area contributed by atoms with Gasteiger partial charge < -0.3 is 4.74 Å². The molecule has 63 valence electrons. The molecule has 12 heavy (non-hydrogen) atoms. The van der Waals surface area contributed by atoms with E-state index in [4.69, 9.17) is 4.74 Å². The molecule has 1 aliphatic rings. The van der Waals surface area contributed by atoms with E-state index in [9.17, 15) is 0 Å². The fourth-order valence-electron chi connectivity index (χ4n) is 1.09. The van der Waals surface area contributed by atoms with Gasteiger partial charge in [0.25, 0.3) is 6.35 Å². The predicted molar refractivity (Wildman–Crippen MR) is 46.3 cm³/mol. The lowest BCUT2D eigenvalue weighted by Gasteiger charge is -2.10. The van der Waals surface area contributed by atoms with Gasteiger partial charge in [0.15, 0.2) is 0 Å². The van der Waals surface area contributed by atoms with Crippen LogP contribution in [0.15, 0.2) is 30.3 Å². The van der Waals surface area contributed by atoms with Crippen LogP contribution >= 0.6 is 0 Å². The summed E-state index contributed by atoms with van der Waals surface area (Å²) in [6.45, 7) is 1.87. The molecule has 1 aliphatic heterocycles. The number of ether oxygens (including phenoxy) is 1. The highest BCUT2D eigenvalue weighted by Gasteiger charge is 2.15. The van der Waals surface area contributed by atoms with Crippen molar-refractivity contribution in [3.8, 4) is 5.75 Å². The standard InChI is InChI=1S/C9H11N2O/c1-2-4-8(5-3-1)12-9-10-6-7-11-9/h1-5,10-11H,6-7H2. The Morgan fingerprint density at radius 1 is 1.00 bits per heavy atom. The lowest BCUT2D eigenvalue weighted by atomic mass is 10.3. The molecule has 0 aromatic heterocycles. The predicted octanol–water partition coefficient (Wildman–Crippen LogP) is 0.705. The Kier molecular flexibility index (Phi) is 2.25. The van der Waals surface area contributed by atoms with Crippen molar-refractivity contribution in [1.82, 2.24) is 10.6 Å². The Hall–Kier alpha value is -1.06. The van der Waals surface area contributed by atoms with E-state index >= 15 is 0 Å². The summed E-state index contributed by atoms with van der Waals surface area (Å²) in [6, 6.07) is 9.71. The van der Waals surface area contributed by atoms with E-state index in [1.807, 2.05) is 30.3 Å². The molecule has 0 amide bonds. The molecule has 3 heteroatoms. The fraction of sp³-hybridized carbons (Fsp3) is 0.222. The maximum Gasteiger partial charge on any atom is 0.287 e. The van der Waals surface area contributed by atoms with Crippen LogP contribution in [-0.4, -0.2) is 13.1 Å². The van der Waals surface area contributed by atoms with Crippen molar-refractivity contribution in [2.24, 2.45) is 0 Å². The van der Waals surface area contributed by atoms with E-state index in [0.717, 1.165) is 25.2 Å². The second-order valence-electron chi connectivity index (χ2n) is 2.60. The third kappa shape index (κ3) is 1.75. The summed E-state index contributed by atoms with van der Waals surface area (Å²) in [5, 5.41) is 6.18. The van der Waals surface area contributed by atoms with Crippen LogP contribution in [0.5, 0.6) is 5.75 Å². The summed E-state index contributed by atoms with van der Waals surface area (Å²) in [6.07, 6.45) is 0.751. The summed E-state index contributed by atoms with van der Waals surface area (Å²) in [7, 11) is 0. The summed E-state index contributed by atoms with van der Waals surface area (Å²) >= 11 is 0. The first kappa shape index (κ1) is 7.58. The van der Waals surface area contributed by atoms with Crippen LogP contribution in [0.1, 0.15) is 0 Å². The van der Waals surface area contributed by atoms with Gasteiger partial charge in [-0.3, -0.25) is 10.6 Å². The van der Waals surface area contributed by atoms with Gasteiger partial charge in [-0.15, -0.1) is 0 Å². The maximum atomic E-state index is 5.47. The molecule has 3 nitrogen and oxygen atoms in total. The summed E-state index contributed by atoms with van der Waals surface area (Å²) in [4.78, 5) is 0. The third-order valence-electron chi connectivity index (χ3n) is 1.66. The van der Waals surface area contributed by atoms with Gasteiger partial charge in [0.1, 0.15) is 5.75 Å². The first-order chi connectivity index (χ1) is 5.95. The normalized spacial score (nSPS) is 18.0. The number of para-hydroxylation sites is 1. The highest BCUT2D eigenvalue weighted by atomic mass is 16.5. The van der Waals surface area contributed by atoms with Gasteiger partial charge in [0, 0.05) is 13.1 Å². The van der Waals surface area contributed by atoms with Crippen LogP contribution in [0.4, 0.5) is 0 Å². The van der Waals surface area contributed by atoms with Crippen molar-refractivity contribution in [2.75, 3.05) is 13.1 Å². The SMILES string of the molecule is c1ccc(O[C]2NCCN2)cc1. The Labute approximate surface area is 71.7 Å². The number of benzene rings is 1. The molecule has 1 fully saturated rings. The van der Waals surface area contributed by atoms with E-state index in [-0.39, 0.29) is 0 Å². The van der Waals surface area contributed by atoms with E-state index in [0.29, 0.717) is 0 Å². The number of nitrogens with one attached hydrogen (secondary N) is 2. The van der Waals surface area contributed by atoms with Crippen LogP contribution in [0, 0.1) is 6.35 Å². The topological polar surface area (TPSA) is 33.3 Å². The number of hydrogen-bond donors (Lipinski definition) is 2. The molecule has 0 bridgehead atoms. The van der Waals surface area contributed by atoms with Gasteiger partial charge in [-0.1, -0.05) is 18.2 Å². The average Bonchev–Trinajstić information content (AvgIpc) is 2.59. The molecule has 1 aromatic rings.